The molecular weight excluding hydrogens is 258 g/mol. The molecule has 0 bridgehead atoms. The number of carbonyl (C=O) groups excluding carboxylic acids is 1. The number of hydrogen-bond donors (Lipinski definition) is 0. The molecular formula is C14H9ClF2O. The minimum atomic E-state index is -0.686. The number of carbonyl (C=O) groups is 1. The molecule has 0 aliphatic carbocycles. The number of hydrogen-bond acceptors (Lipinski definition) is 1. The monoisotopic (exact) mass is 266 g/mol. The van der Waals surface area contributed by atoms with Gasteiger partial charge in [-0.3, -0.25) is 4.79 Å². The van der Waals surface area contributed by atoms with E-state index >= 15 is 0 Å². The van der Waals surface area contributed by atoms with Crippen molar-refractivity contribution in [3.8, 4) is 11.1 Å². The zero-order valence-corrected chi connectivity index (χ0v) is 10.3. The topological polar surface area (TPSA) is 17.1 Å². The van der Waals surface area contributed by atoms with E-state index in [1.54, 1.807) is 6.07 Å². The summed E-state index contributed by atoms with van der Waals surface area (Å²) in [4.78, 5) is 11.3. The lowest BCUT2D eigenvalue weighted by Gasteiger charge is -2.07. The fourth-order valence-corrected chi connectivity index (χ4v) is 1.90. The van der Waals surface area contributed by atoms with Crippen LogP contribution in [-0.4, -0.2) is 5.78 Å². The van der Waals surface area contributed by atoms with Gasteiger partial charge in [-0.2, -0.15) is 0 Å². The Bertz CT molecular complexity index is 603. The average Bonchev–Trinajstić information content (AvgIpc) is 2.27. The van der Waals surface area contributed by atoms with E-state index < -0.39 is 11.6 Å². The minimum absolute atomic E-state index is 0.134. The second-order valence-electron chi connectivity index (χ2n) is 3.91. The molecule has 2 rings (SSSR count). The molecule has 0 radical (unpaired) electrons. The SMILES string of the molecule is CC(=O)c1ccc(Cl)c(-c2cc(F)cc(F)c2)c1. The third-order valence-electron chi connectivity index (χ3n) is 2.55. The Morgan fingerprint density at radius 3 is 2.22 bits per heavy atom. The van der Waals surface area contributed by atoms with Crippen molar-refractivity contribution in [3.05, 3.63) is 58.6 Å². The zero-order valence-electron chi connectivity index (χ0n) is 9.51. The summed E-state index contributed by atoms with van der Waals surface area (Å²) in [5.74, 6) is -1.51. The number of Topliss-reactive ketones (excluding diaryl/α,β-unsaturated/α-hetero) is 1. The molecule has 0 saturated heterocycles. The van der Waals surface area contributed by atoms with E-state index in [2.05, 4.69) is 0 Å². The molecule has 1 nitrogen and oxygen atoms in total. The van der Waals surface area contributed by atoms with Gasteiger partial charge >= 0.3 is 0 Å². The molecule has 0 heterocycles. The molecule has 18 heavy (non-hydrogen) atoms. The Morgan fingerprint density at radius 1 is 1.06 bits per heavy atom. The smallest absolute Gasteiger partial charge is 0.159 e. The quantitative estimate of drug-likeness (QED) is 0.732. The van der Waals surface area contributed by atoms with Crippen molar-refractivity contribution in [2.45, 2.75) is 6.92 Å². The van der Waals surface area contributed by atoms with Crippen molar-refractivity contribution < 1.29 is 13.6 Å². The van der Waals surface area contributed by atoms with E-state index in [1.807, 2.05) is 0 Å². The number of halogens is 3. The fraction of sp³-hybridized carbons (Fsp3) is 0.0714. The summed E-state index contributed by atoms with van der Waals surface area (Å²) in [5, 5.41) is 0.338. The van der Waals surface area contributed by atoms with Gasteiger partial charge in [-0.1, -0.05) is 11.6 Å². The summed E-state index contributed by atoms with van der Waals surface area (Å²) in [6.45, 7) is 1.42. The van der Waals surface area contributed by atoms with Crippen LogP contribution in [0.2, 0.25) is 5.02 Å². The minimum Gasteiger partial charge on any atom is -0.295 e. The lowest BCUT2D eigenvalue weighted by molar-refractivity contribution is 0.101. The maximum Gasteiger partial charge on any atom is 0.159 e. The highest BCUT2D eigenvalue weighted by molar-refractivity contribution is 6.33. The van der Waals surface area contributed by atoms with Gasteiger partial charge in [-0.15, -0.1) is 0 Å². The van der Waals surface area contributed by atoms with Crippen molar-refractivity contribution in [1.29, 1.82) is 0 Å². The average molecular weight is 267 g/mol. The Morgan fingerprint density at radius 2 is 1.67 bits per heavy atom. The van der Waals surface area contributed by atoms with Gasteiger partial charge in [0.05, 0.1) is 0 Å². The van der Waals surface area contributed by atoms with Crippen LogP contribution in [0.5, 0.6) is 0 Å². The van der Waals surface area contributed by atoms with Crippen LogP contribution in [0.1, 0.15) is 17.3 Å². The molecule has 92 valence electrons. The summed E-state index contributed by atoms with van der Waals surface area (Å²) in [7, 11) is 0. The molecule has 2 aromatic rings. The molecule has 0 fully saturated rings. The molecule has 0 aliphatic rings. The molecule has 0 aliphatic heterocycles. The van der Waals surface area contributed by atoms with Crippen molar-refractivity contribution in [1.82, 2.24) is 0 Å². The maximum absolute atomic E-state index is 13.2. The summed E-state index contributed by atoms with van der Waals surface area (Å²) in [6, 6.07) is 7.77. The van der Waals surface area contributed by atoms with Crippen LogP contribution in [-0.2, 0) is 0 Å². The Hall–Kier alpha value is -1.74. The predicted molar refractivity (Wildman–Crippen MR) is 66.8 cm³/mol. The standard InChI is InChI=1S/C14H9ClF2O/c1-8(18)9-2-3-14(15)13(6-9)10-4-11(16)7-12(17)5-10/h2-7H,1H3. The van der Waals surface area contributed by atoms with Crippen LogP contribution in [0.3, 0.4) is 0 Å². The van der Waals surface area contributed by atoms with Gasteiger partial charge in [0.1, 0.15) is 11.6 Å². The first kappa shape index (κ1) is 12.7. The van der Waals surface area contributed by atoms with E-state index in [4.69, 9.17) is 11.6 Å². The number of benzene rings is 2. The normalized spacial score (nSPS) is 10.4. The zero-order chi connectivity index (χ0) is 13.3. The van der Waals surface area contributed by atoms with Crippen molar-refractivity contribution >= 4 is 17.4 Å². The first-order valence-corrected chi connectivity index (χ1v) is 5.62. The Balaban J connectivity index is 2.62. The lowest BCUT2D eigenvalue weighted by atomic mass is 10.0. The van der Waals surface area contributed by atoms with Gasteiger partial charge < -0.3 is 0 Å². The molecule has 2 aromatic carbocycles. The van der Waals surface area contributed by atoms with Crippen molar-refractivity contribution in [2.75, 3.05) is 0 Å². The largest absolute Gasteiger partial charge is 0.295 e. The second kappa shape index (κ2) is 4.86. The van der Waals surface area contributed by atoms with E-state index in [0.29, 0.717) is 21.7 Å². The van der Waals surface area contributed by atoms with Crippen LogP contribution in [0, 0.1) is 11.6 Å². The highest BCUT2D eigenvalue weighted by Crippen LogP contribution is 2.30. The van der Waals surface area contributed by atoms with Gasteiger partial charge in [0.15, 0.2) is 5.78 Å². The second-order valence-corrected chi connectivity index (χ2v) is 4.32. The first-order valence-electron chi connectivity index (χ1n) is 5.24. The molecule has 0 unspecified atom stereocenters. The molecule has 0 saturated carbocycles. The number of ketones is 1. The van der Waals surface area contributed by atoms with E-state index in [0.717, 1.165) is 6.07 Å². The fourth-order valence-electron chi connectivity index (χ4n) is 1.67. The maximum atomic E-state index is 13.2. The lowest BCUT2D eigenvalue weighted by Crippen LogP contribution is -1.93. The van der Waals surface area contributed by atoms with Crippen LogP contribution >= 0.6 is 11.6 Å². The molecule has 4 heteroatoms. The highest BCUT2D eigenvalue weighted by atomic mass is 35.5. The Labute approximate surface area is 108 Å². The number of rotatable bonds is 2. The highest BCUT2D eigenvalue weighted by Gasteiger charge is 2.09. The van der Waals surface area contributed by atoms with E-state index in [-0.39, 0.29) is 5.78 Å². The van der Waals surface area contributed by atoms with Crippen LogP contribution in [0.25, 0.3) is 11.1 Å². The van der Waals surface area contributed by atoms with Crippen LogP contribution in [0.15, 0.2) is 36.4 Å². The van der Waals surface area contributed by atoms with Gasteiger partial charge in [0.2, 0.25) is 0 Å². The molecule has 0 spiro atoms. The predicted octanol–water partition coefficient (Wildman–Crippen LogP) is 4.49. The van der Waals surface area contributed by atoms with Crippen LogP contribution in [0.4, 0.5) is 8.78 Å². The van der Waals surface area contributed by atoms with Gasteiger partial charge in [0.25, 0.3) is 0 Å². The molecule has 0 amide bonds. The van der Waals surface area contributed by atoms with E-state index in [9.17, 15) is 13.6 Å². The van der Waals surface area contributed by atoms with Gasteiger partial charge in [-0.25, -0.2) is 8.78 Å². The van der Waals surface area contributed by atoms with E-state index in [1.165, 1.54) is 31.2 Å². The molecule has 0 N–H and O–H groups in total. The summed E-state index contributed by atoms with van der Waals surface area (Å²) in [5.41, 5.74) is 1.18. The van der Waals surface area contributed by atoms with Gasteiger partial charge in [0, 0.05) is 22.2 Å². The van der Waals surface area contributed by atoms with Crippen molar-refractivity contribution in [3.63, 3.8) is 0 Å². The Kier molecular flexibility index (Phi) is 3.43. The summed E-state index contributed by atoms with van der Waals surface area (Å²) in [6.07, 6.45) is 0. The molecule has 0 aromatic heterocycles. The molecule has 0 atom stereocenters. The summed E-state index contributed by atoms with van der Waals surface area (Å²) < 4.78 is 26.3. The van der Waals surface area contributed by atoms with Crippen LogP contribution < -0.4 is 0 Å². The summed E-state index contributed by atoms with van der Waals surface area (Å²) >= 11 is 5.98. The third-order valence-corrected chi connectivity index (χ3v) is 2.88. The first-order chi connectivity index (χ1) is 8.47. The van der Waals surface area contributed by atoms with Gasteiger partial charge in [-0.05, 0) is 42.8 Å². The van der Waals surface area contributed by atoms with Crippen molar-refractivity contribution in [2.24, 2.45) is 0 Å². The third kappa shape index (κ3) is 2.57.